The van der Waals surface area contributed by atoms with Crippen LogP contribution in [0.2, 0.25) is 0 Å². The quantitative estimate of drug-likeness (QED) is 0.910. The highest BCUT2D eigenvalue weighted by Crippen LogP contribution is 2.23. The van der Waals surface area contributed by atoms with Crippen molar-refractivity contribution in [1.29, 1.82) is 0 Å². The maximum absolute atomic E-state index is 13.0. The molecule has 1 amide bonds. The van der Waals surface area contributed by atoms with Gasteiger partial charge in [-0.3, -0.25) is 4.79 Å². The van der Waals surface area contributed by atoms with E-state index >= 15 is 0 Å². The van der Waals surface area contributed by atoms with Gasteiger partial charge in [-0.25, -0.2) is 4.39 Å². The summed E-state index contributed by atoms with van der Waals surface area (Å²) in [5.74, 6) is -0.358. The van der Waals surface area contributed by atoms with Crippen molar-refractivity contribution >= 4 is 34.1 Å². The summed E-state index contributed by atoms with van der Waals surface area (Å²) in [5.41, 5.74) is 2.40. The molecule has 3 rings (SSSR count). The van der Waals surface area contributed by atoms with E-state index in [-0.39, 0.29) is 17.0 Å². The Labute approximate surface area is 143 Å². The molecular weight excluding hydrogens is 325 g/mol. The monoisotopic (exact) mass is 341 g/mol. The van der Waals surface area contributed by atoms with Gasteiger partial charge in [0, 0.05) is 12.1 Å². The number of carbonyl (C=O) groups excluding carboxylic acids is 1. The molecule has 2 aromatic carbocycles. The highest BCUT2D eigenvalue weighted by atomic mass is 32.2. The van der Waals surface area contributed by atoms with Crippen LogP contribution < -0.4 is 5.32 Å². The van der Waals surface area contributed by atoms with Crippen molar-refractivity contribution < 1.29 is 9.18 Å². The van der Waals surface area contributed by atoms with Gasteiger partial charge in [-0.15, -0.1) is 5.10 Å². The third kappa shape index (κ3) is 4.08. The smallest absolute Gasteiger partial charge is 0.237 e. The molecule has 122 valence electrons. The van der Waals surface area contributed by atoms with Gasteiger partial charge in [-0.05, 0) is 36.8 Å². The Hall–Kier alpha value is -2.47. The minimum Gasteiger partial charge on any atom is -0.325 e. The van der Waals surface area contributed by atoms with Crippen LogP contribution in [-0.2, 0) is 4.79 Å². The van der Waals surface area contributed by atoms with Gasteiger partial charge in [0.15, 0.2) is 0 Å². The molecule has 0 aliphatic carbocycles. The lowest BCUT2D eigenvalue weighted by Crippen LogP contribution is -2.23. The Morgan fingerprint density at radius 1 is 1.12 bits per heavy atom. The number of thioether (sulfide) groups is 1. The molecule has 1 atom stereocenters. The van der Waals surface area contributed by atoms with Crippen LogP contribution in [-0.4, -0.2) is 21.9 Å². The first-order chi connectivity index (χ1) is 11.6. The molecular formula is C18H16FN3OS. The Balaban J connectivity index is 1.54. The van der Waals surface area contributed by atoms with Gasteiger partial charge in [0.2, 0.25) is 5.91 Å². The van der Waals surface area contributed by atoms with Crippen LogP contribution in [0.3, 0.4) is 0 Å². The average molecular weight is 341 g/mol. The van der Waals surface area contributed by atoms with E-state index in [1.165, 1.54) is 23.9 Å². The van der Waals surface area contributed by atoms with Gasteiger partial charge in [-0.1, -0.05) is 42.1 Å². The SMILES string of the molecule is CC(SC1=NN=C(c2ccc(F)cc2)C1)C(=O)Nc1ccccc1. The molecule has 1 aliphatic heterocycles. The fraction of sp³-hybridized carbons (Fsp3) is 0.167. The summed E-state index contributed by atoms with van der Waals surface area (Å²) in [4.78, 5) is 12.2. The predicted octanol–water partition coefficient (Wildman–Crippen LogP) is 4.09. The van der Waals surface area contributed by atoms with Gasteiger partial charge in [-0.2, -0.15) is 5.10 Å². The number of nitrogens with zero attached hydrogens (tertiary/aromatic N) is 2. The number of amides is 1. The molecule has 0 aromatic heterocycles. The Morgan fingerprint density at radius 2 is 1.83 bits per heavy atom. The van der Waals surface area contributed by atoms with E-state index in [4.69, 9.17) is 0 Å². The second-order valence-electron chi connectivity index (χ2n) is 5.34. The first-order valence-corrected chi connectivity index (χ1v) is 8.41. The Morgan fingerprint density at radius 3 is 2.54 bits per heavy atom. The van der Waals surface area contributed by atoms with E-state index in [2.05, 4.69) is 15.5 Å². The molecule has 0 fully saturated rings. The minimum atomic E-state index is -0.285. The van der Waals surface area contributed by atoms with Gasteiger partial charge >= 0.3 is 0 Å². The minimum absolute atomic E-state index is 0.0795. The number of carbonyl (C=O) groups is 1. The van der Waals surface area contributed by atoms with Crippen LogP contribution in [0.15, 0.2) is 64.8 Å². The molecule has 4 nitrogen and oxygen atoms in total. The summed E-state index contributed by atoms with van der Waals surface area (Å²) >= 11 is 1.39. The third-order valence-electron chi connectivity index (χ3n) is 3.50. The normalized spacial score (nSPS) is 14.8. The summed E-state index contributed by atoms with van der Waals surface area (Å²) in [6.45, 7) is 1.83. The third-order valence-corrected chi connectivity index (χ3v) is 4.57. The molecule has 6 heteroatoms. The lowest BCUT2D eigenvalue weighted by Gasteiger charge is -2.11. The maximum Gasteiger partial charge on any atom is 0.237 e. The van der Waals surface area contributed by atoms with Crippen LogP contribution in [0, 0.1) is 5.82 Å². The molecule has 2 aromatic rings. The fourth-order valence-corrected chi connectivity index (χ4v) is 3.10. The number of halogens is 1. The van der Waals surface area contributed by atoms with Crippen molar-refractivity contribution in [2.45, 2.75) is 18.6 Å². The second kappa shape index (κ2) is 7.40. The number of rotatable bonds is 4. The maximum atomic E-state index is 13.0. The molecule has 0 saturated carbocycles. The number of benzene rings is 2. The summed E-state index contributed by atoms with van der Waals surface area (Å²) in [6, 6.07) is 15.5. The van der Waals surface area contributed by atoms with E-state index in [0.717, 1.165) is 22.0 Å². The number of hydrogen-bond acceptors (Lipinski definition) is 4. The summed E-state index contributed by atoms with van der Waals surface area (Å²) < 4.78 is 13.0. The summed E-state index contributed by atoms with van der Waals surface area (Å²) in [7, 11) is 0. The van der Waals surface area contributed by atoms with E-state index in [1.54, 1.807) is 12.1 Å². The molecule has 1 aliphatic rings. The Kier molecular flexibility index (Phi) is 5.05. The molecule has 1 N–H and O–H groups in total. The zero-order valence-electron chi connectivity index (χ0n) is 13.1. The van der Waals surface area contributed by atoms with Crippen molar-refractivity contribution in [3.05, 3.63) is 66.0 Å². The number of nitrogens with one attached hydrogen (secondary N) is 1. The number of hydrogen-bond donors (Lipinski definition) is 1. The molecule has 1 heterocycles. The van der Waals surface area contributed by atoms with E-state index in [1.807, 2.05) is 37.3 Å². The molecule has 0 radical (unpaired) electrons. The first kappa shape index (κ1) is 16.4. The van der Waals surface area contributed by atoms with E-state index < -0.39 is 0 Å². The van der Waals surface area contributed by atoms with Gasteiger partial charge in [0.1, 0.15) is 10.9 Å². The fourth-order valence-electron chi connectivity index (χ4n) is 2.22. The lowest BCUT2D eigenvalue weighted by atomic mass is 10.1. The van der Waals surface area contributed by atoms with Gasteiger partial charge in [0.05, 0.1) is 11.0 Å². The van der Waals surface area contributed by atoms with Crippen LogP contribution in [0.5, 0.6) is 0 Å². The van der Waals surface area contributed by atoms with E-state index in [0.29, 0.717) is 6.42 Å². The zero-order valence-corrected chi connectivity index (χ0v) is 13.9. The lowest BCUT2D eigenvalue weighted by molar-refractivity contribution is -0.115. The van der Waals surface area contributed by atoms with Crippen LogP contribution in [0.1, 0.15) is 18.9 Å². The largest absolute Gasteiger partial charge is 0.325 e. The first-order valence-electron chi connectivity index (χ1n) is 7.54. The van der Waals surface area contributed by atoms with Crippen molar-refractivity contribution in [1.82, 2.24) is 0 Å². The van der Waals surface area contributed by atoms with Gasteiger partial charge in [0.25, 0.3) is 0 Å². The van der Waals surface area contributed by atoms with Crippen LogP contribution >= 0.6 is 11.8 Å². The van der Waals surface area contributed by atoms with Crippen molar-refractivity contribution in [2.75, 3.05) is 5.32 Å². The average Bonchev–Trinajstić information content (AvgIpc) is 3.05. The molecule has 0 bridgehead atoms. The zero-order chi connectivity index (χ0) is 16.9. The highest BCUT2D eigenvalue weighted by Gasteiger charge is 2.21. The topological polar surface area (TPSA) is 53.8 Å². The van der Waals surface area contributed by atoms with Crippen LogP contribution in [0.25, 0.3) is 0 Å². The van der Waals surface area contributed by atoms with E-state index in [9.17, 15) is 9.18 Å². The highest BCUT2D eigenvalue weighted by molar-refractivity contribution is 8.15. The van der Waals surface area contributed by atoms with Crippen molar-refractivity contribution in [3.63, 3.8) is 0 Å². The second-order valence-corrected chi connectivity index (χ2v) is 6.75. The molecule has 0 spiro atoms. The standard InChI is InChI=1S/C18H16FN3OS/c1-12(18(23)20-15-5-3-2-4-6-15)24-17-11-16(21-22-17)13-7-9-14(19)10-8-13/h2-10,12H,11H2,1H3,(H,20,23). The predicted molar refractivity (Wildman–Crippen MR) is 97.1 cm³/mol. The van der Waals surface area contributed by atoms with Crippen molar-refractivity contribution in [3.8, 4) is 0 Å². The molecule has 24 heavy (non-hydrogen) atoms. The van der Waals surface area contributed by atoms with Crippen molar-refractivity contribution in [2.24, 2.45) is 10.2 Å². The van der Waals surface area contributed by atoms with Crippen LogP contribution in [0.4, 0.5) is 10.1 Å². The molecule has 1 unspecified atom stereocenters. The number of anilines is 1. The van der Waals surface area contributed by atoms with Gasteiger partial charge < -0.3 is 5.32 Å². The molecule has 0 saturated heterocycles. The Bertz CT molecular complexity index is 788. The summed E-state index contributed by atoms with van der Waals surface area (Å²) in [5, 5.41) is 11.7. The summed E-state index contributed by atoms with van der Waals surface area (Å²) in [6.07, 6.45) is 0.555. The number of para-hydroxylation sites is 1.